The Morgan fingerprint density at radius 1 is 1.19 bits per heavy atom. The molecule has 0 radical (unpaired) electrons. The molecule has 2 heterocycles. The molecule has 1 atom stereocenters. The number of fused-ring (bicyclic) bond motifs is 1. The quantitative estimate of drug-likeness (QED) is 0.689. The van der Waals surface area contributed by atoms with Crippen LogP contribution in [0.3, 0.4) is 0 Å². The van der Waals surface area contributed by atoms with Gasteiger partial charge in [0.05, 0.1) is 6.10 Å². The molecule has 2 aromatic heterocycles. The van der Waals surface area contributed by atoms with E-state index in [1.54, 1.807) is 17.7 Å². The molecule has 0 bridgehead atoms. The minimum absolute atomic E-state index is 0.0330. The van der Waals surface area contributed by atoms with Crippen LogP contribution < -0.4 is 4.72 Å². The Morgan fingerprint density at radius 3 is 2.58 bits per heavy atom. The van der Waals surface area contributed by atoms with Crippen molar-refractivity contribution < 1.29 is 13.5 Å². The van der Waals surface area contributed by atoms with Crippen molar-refractivity contribution in [1.82, 2.24) is 18.8 Å². The lowest BCUT2D eigenvalue weighted by molar-refractivity contribution is 0.182. The molecule has 0 aliphatic heterocycles. The Balaban J connectivity index is 1.74. The summed E-state index contributed by atoms with van der Waals surface area (Å²) in [7, 11) is -0.0646. The van der Waals surface area contributed by atoms with Gasteiger partial charge in [0.1, 0.15) is 5.82 Å². The first-order chi connectivity index (χ1) is 12.2. The molecule has 26 heavy (non-hydrogen) atoms. The van der Waals surface area contributed by atoms with Crippen molar-refractivity contribution in [2.75, 3.05) is 6.54 Å². The van der Waals surface area contributed by atoms with E-state index in [1.807, 2.05) is 49.9 Å². The summed E-state index contributed by atoms with van der Waals surface area (Å²) in [6.07, 6.45) is 2.49. The van der Waals surface area contributed by atoms with Crippen LogP contribution in [0.2, 0.25) is 0 Å². The Bertz CT molecular complexity index is 1030. The van der Waals surface area contributed by atoms with Crippen LogP contribution >= 0.6 is 0 Å². The Labute approximate surface area is 153 Å². The molecule has 2 N–H and O–H groups in total. The van der Waals surface area contributed by atoms with Crippen molar-refractivity contribution >= 4 is 20.9 Å². The van der Waals surface area contributed by atoms with Crippen LogP contribution in [0.25, 0.3) is 10.9 Å². The average Bonchev–Trinajstić information content (AvgIpc) is 3.16. The lowest BCUT2D eigenvalue weighted by atomic mass is 10.1. The number of benzene rings is 1. The van der Waals surface area contributed by atoms with Crippen molar-refractivity contribution in [2.45, 2.75) is 30.9 Å². The van der Waals surface area contributed by atoms with Crippen molar-refractivity contribution in [2.24, 2.45) is 14.1 Å². The summed E-state index contributed by atoms with van der Waals surface area (Å²) >= 11 is 0. The maximum absolute atomic E-state index is 12.5. The fourth-order valence-corrected chi connectivity index (χ4v) is 4.04. The van der Waals surface area contributed by atoms with Gasteiger partial charge in [-0.1, -0.05) is 19.9 Å². The predicted molar refractivity (Wildman–Crippen MR) is 100 cm³/mol. The van der Waals surface area contributed by atoms with E-state index in [9.17, 15) is 13.5 Å². The minimum Gasteiger partial charge on any atom is -0.387 e. The van der Waals surface area contributed by atoms with E-state index in [0.29, 0.717) is 11.4 Å². The molecule has 3 aromatic rings. The van der Waals surface area contributed by atoms with Gasteiger partial charge in [-0.05, 0) is 29.1 Å². The maximum Gasteiger partial charge on any atom is 0.259 e. The predicted octanol–water partition coefficient (Wildman–Crippen LogP) is 2.05. The van der Waals surface area contributed by atoms with E-state index >= 15 is 0 Å². The topological polar surface area (TPSA) is 89.2 Å². The van der Waals surface area contributed by atoms with Crippen LogP contribution in [0, 0.1) is 0 Å². The molecule has 0 amide bonds. The van der Waals surface area contributed by atoms with E-state index in [2.05, 4.69) is 9.71 Å². The summed E-state index contributed by atoms with van der Waals surface area (Å²) in [5.41, 5.74) is 1.71. The Kier molecular flexibility index (Phi) is 4.92. The lowest BCUT2D eigenvalue weighted by Crippen LogP contribution is -2.28. The molecule has 0 saturated carbocycles. The Morgan fingerprint density at radius 2 is 1.92 bits per heavy atom. The fourth-order valence-electron chi connectivity index (χ4n) is 3.01. The molecule has 0 unspecified atom stereocenters. The molecule has 0 aliphatic carbocycles. The number of hydrogen-bond acceptors (Lipinski definition) is 4. The number of aromatic nitrogens is 3. The second kappa shape index (κ2) is 6.86. The first-order valence-corrected chi connectivity index (χ1v) is 9.93. The normalized spacial score (nSPS) is 13.6. The highest BCUT2D eigenvalue weighted by Gasteiger charge is 2.22. The number of aliphatic hydroxyl groups excluding tert-OH is 1. The summed E-state index contributed by atoms with van der Waals surface area (Å²) in [6.45, 7) is 3.79. The molecule has 8 heteroatoms. The molecular formula is C18H24N4O3S. The molecule has 0 saturated heterocycles. The number of hydrogen-bond donors (Lipinski definition) is 2. The van der Waals surface area contributed by atoms with Crippen LogP contribution in [0.1, 0.15) is 37.3 Å². The number of nitrogens with zero attached hydrogens (tertiary/aromatic N) is 3. The zero-order chi connectivity index (χ0) is 19.1. The number of sulfonamides is 1. The first kappa shape index (κ1) is 18.6. The number of rotatable bonds is 6. The van der Waals surface area contributed by atoms with Crippen molar-refractivity contribution in [3.05, 3.63) is 48.0 Å². The SMILES string of the molecule is CC(C)c1nc(S(=O)(=O)NC[C@H](O)c2ccc3c(ccn3C)c2)cn1C. The summed E-state index contributed by atoms with van der Waals surface area (Å²) in [5, 5.41) is 11.4. The highest BCUT2D eigenvalue weighted by Crippen LogP contribution is 2.21. The Hall–Kier alpha value is -2.16. The van der Waals surface area contributed by atoms with E-state index in [-0.39, 0.29) is 17.5 Å². The van der Waals surface area contributed by atoms with E-state index in [4.69, 9.17) is 0 Å². The molecule has 7 nitrogen and oxygen atoms in total. The zero-order valence-electron chi connectivity index (χ0n) is 15.3. The van der Waals surface area contributed by atoms with Crippen LogP contribution in [-0.4, -0.2) is 34.2 Å². The highest BCUT2D eigenvalue weighted by atomic mass is 32.2. The smallest absolute Gasteiger partial charge is 0.259 e. The van der Waals surface area contributed by atoms with Crippen LogP contribution in [-0.2, 0) is 24.1 Å². The van der Waals surface area contributed by atoms with Gasteiger partial charge in [-0.2, -0.15) is 0 Å². The summed E-state index contributed by atoms with van der Waals surface area (Å²) < 4.78 is 31.1. The maximum atomic E-state index is 12.5. The van der Waals surface area contributed by atoms with Gasteiger partial charge in [-0.3, -0.25) is 0 Å². The first-order valence-electron chi connectivity index (χ1n) is 8.45. The van der Waals surface area contributed by atoms with Crippen LogP contribution in [0.5, 0.6) is 0 Å². The van der Waals surface area contributed by atoms with Crippen LogP contribution in [0.4, 0.5) is 0 Å². The van der Waals surface area contributed by atoms with Gasteiger partial charge >= 0.3 is 0 Å². The average molecular weight is 376 g/mol. The monoisotopic (exact) mass is 376 g/mol. The molecule has 140 valence electrons. The molecular weight excluding hydrogens is 352 g/mol. The van der Waals surface area contributed by atoms with Gasteiger partial charge in [0.2, 0.25) is 0 Å². The van der Waals surface area contributed by atoms with Crippen molar-refractivity contribution in [3.63, 3.8) is 0 Å². The third-order valence-corrected chi connectivity index (χ3v) is 5.74. The zero-order valence-corrected chi connectivity index (χ0v) is 16.2. The van der Waals surface area contributed by atoms with Crippen molar-refractivity contribution in [1.29, 1.82) is 0 Å². The number of aryl methyl sites for hydroxylation is 2. The summed E-state index contributed by atoms with van der Waals surface area (Å²) in [4.78, 5) is 4.20. The largest absolute Gasteiger partial charge is 0.387 e. The molecule has 0 fully saturated rings. The third kappa shape index (κ3) is 3.53. The third-order valence-electron chi connectivity index (χ3n) is 4.44. The van der Waals surface area contributed by atoms with Gasteiger partial charge in [0, 0.05) is 44.5 Å². The van der Waals surface area contributed by atoms with Crippen molar-refractivity contribution in [3.8, 4) is 0 Å². The van der Waals surface area contributed by atoms with E-state index < -0.39 is 16.1 Å². The number of aliphatic hydroxyl groups is 1. The standard InChI is InChI=1S/C18H24N4O3S/c1-12(2)18-20-17(11-22(18)4)26(24,25)19-10-16(23)14-5-6-15-13(9-14)7-8-21(15)3/h5-9,11-12,16,19,23H,10H2,1-4H3/t16-/m0/s1. The van der Waals surface area contributed by atoms with Crippen LogP contribution in [0.15, 0.2) is 41.7 Å². The summed E-state index contributed by atoms with van der Waals surface area (Å²) in [6, 6.07) is 7.54. The van der Waals surface area contributed by atoms with Gasteiger partial charge < -0.3 is 14.2 Å². The lowest BCUT2D eigenvalue weighted by Gasteiger charge is -2.12. The molecule has 0 aliphatic rings. The summed E-state index contributed by atoms with van der Waals surface area (Å²) in [5.74, 6) is 0.813. The van der Waals surface area contributed by atoms with Gasteiger partial charge in [0.25, 0.3) is 10.0 Å². The molecule has 1 aromatic carbocycles. The van der Waals surface area contributed by atoms with E-state index in [1.165, 1.54) is 6.20 Å². The number of nitrogens with one attached hydrogen (secondary N) is 1. The van der Waals surface area contributed by atoms with Gasteiger partial charge in [0.15, 0.2) is 5.03 Å². The second-order valence-corrected chi connectivity index (χ2v) is 8.53. The van der Waals surface area contributed by atoms with E-state index in [0.717, 1.165) is 10.9 Å². The second-order valence-electron chi connectivity index (χ2n) is 6.82. The fraction of sp³-hybridized carbons (Fsp3) is 0.389. The molecule has 0 spiro atoms. The van der Waals surface area contributed by atoms with Gasteiger partial charge in [-0.25, -0.2) is 18.1 Å². The highest BCUT2D eigenvalue weighted by molar-refractivity contribution is 7.89. The van der Waals surface area contributed by atoms with Gasteiger partial charge in [-0.15, -0.1) is 0 Å². The minimum atomic E-state index is -3.78. The number of imidazole rings is 1. The molecule has 3 rings (SSSR count).